The van der Waals surface area contributed by atoms with Gasteiger partial charge in [-0.25, -0.2) is 0 Å². The standard InChI is InChI=1S/C12H24N2/c1-9-7-12(8-13-9)14-10(2)5-4-6-11(14)3/h9-13H,4-8H2,1-3H3. The molecule has 4 atom stereocenters. The highest BCUT2D eigenvalue weighted by atomic mass is 15.2. The molecule has 0 aromatic carbocycles. The molecule has 2 nitrogen and oxygen atoms in total. The summed E-state index contributed by atoms with van der Waals surface area (Å²) in [5, 5.41) is 3.57. The molecule has 4 unspecified atom stereocenters. The van der Waals surface area contributed by atoms with E-state index in [1.165, 1.54) is 32.2 Å². The molecule has 14 heavy (non-hydrogen) atoms. The van der Waals surface area contributed by atoms with Gasteiger partial charge in [0.05, 0.1) is 0 Å². The van der Waals surface area contributed by atoms with Gasteiger partial charge in [0, 0.05) is 30.7 Å². The zero-order valence-corrected chi connectivity index (χ0v) is 9.79. The first-order valence-electron chi connectivity index (χ1n) is 6.19. The van der Waals surface area contributed by atoms with Crippen LogP contribution in [0.5, 0.6) is 0 Å². The van der Waals surface area contributed by atoms with Crippen molar-refractivity contribution in [2.24, 2.45) is 0 Å². The second-order valence-corrected chi connectivity index (χ2v) is 5.27. The molecule has 2 fully saturated rings. The van der Waals surface area contributed by atoms with Crippen LogP contribution >= 0.6 is 0 Å². The highest BCUT2D eigenvalue weighted by molar-refractivity contribution is 4.92. The van der Waals surface area contributed by atoms with Gasteiger partial charge in [-0.2, -0.15) is 0 Å². The van der Waals surface area contributed by atoms with E-state index in [1.807, 2.05) is 0 Å². The number of likely N-dealkylation sites (tertiary alicyclic amines) is 1. The van der Waals surface area contributed by atoms with Crippen molar-refractivity contribution >= 4 is 0 Å². The highest BCUT2D eigenvalue weighted by Crippen LogP contribution is 2.27. The first-order valence-corrected chi connectivity index (χ1v) is 6.19. The van der Waals surface area contributed by atoms with Gasteiger partial charge in [-0.05, 0) is 40.0 Å². The summed E-state index contributed by atoms with van der Waals surface area (Å²) < 4.78 is 0. The van der Waals surface area contributed by atoms with E-state index in [0.29, 0.717) is 0 Å². The van der Waals surface area contributed by atoms with E-state index < -0.39 is 0 Å². The summed E-state index contributed by atoms with van der Waals surface area (Å²) in [4.78, 5) is 2.76. The molecule has 2 aliphatic heterocycles. The van der Waals surface area contributed by atoms with Gasteiger partial charge in [-0.3, -0.25) is 4.90 Å². The molecule has 2 heteroatoms. The fourth-order valence-corrected chi connectivity index (χ4v) is 3.30. The molecule has 0 bridgehead atoms. The maximum atomic E-state index is 3.57. The molecule has 1 N–H and O–H groups in total. The molecule has 0 aromatic rings. The minimum atomic E-state index is 0.723. The number of hydrogen-bond donors (Lipinski definition) is 1. The Hall–Kier alpha value is -0.0800. The molecule has 0 saturated carbocycles. The summed E-state index contributed by atoms with van der Waals surface area (Å²) in [5.74, 6) is 0. The number of nitrogens with zero attached hydrogens (tertiary/aromatic N) is 1. The zero-order chi connectivity index (χ0) is 10.1. The zero-order valence-electron chi connectivity index (χ0n) is 9.79. The van der Waals surface area contributed by atoms with Crippen molar-refractivity contribution in [1.29, 1.82) is 0 Å². The number of piperidine rings is 1. The lowest BCUT2D eigenvalue weighted by atomic mass is 9.94. The van der Waals surface area contributed by atoms with Gasteiger partial charge in [0.25, 0.3) is 0 Å². The first kappa shape index (κ1) is 10.4. The molecule has 2 aliphatic rings. The number of nitrogens with one attached hydrogen (secondary N) is 1. The van der Waals surface area contributed by atoms with E-state index in [0.717, 1.165) is 24.2 Å². The lowest BCUT2D eigenvalue weighted by Gasteiger charge is -2.42. The largest absolute Gasteiger partial charge is 0.313 e. The van der Waals surface area contributed by atoms with Crippen molar-refractivity contribution in [2.45, 2.75) is 70.6 Å². The van der Waals surface area contributed by atoms with Crippen LogP contribution in [0.15, 0.2) is 0 Å². The summed E-state index contributed by atoms with van der Waals surface area (Å²) in [6.45, 7) is 8.31. The molecular formula is C12H24N2. The third-order valence-corrected chi connectivity index (χ3v) is 4.01. The minimum Gasteiger partial charge on any atom is -0.313 e. The lowest BCUT2D eigenvalue weighted by Crippen LogP contribution is -2.50. The SMILES string of the molecule is CC1CC(N2C(C)CCCC2C)CN1. The second-order valence-electron chi connectivity index (χ2n) is 5.27. The third-order valence-electron chi connectivity index (χ3n) is 4.01. The molecule has 0 aliphatic carbocycles. The molecule has 0 spiro atoms. The third kappa shape index (κ3) is 1.96. The van der Waals surface area contributed by atoms with Crippen molar-refractivity contribution in [3.63, 3.8) is 0 Å². The Morgan fingerprint density at radius 3 is 2.21 bits per heavy atom. The maximum absolute atomic E-state index is 3.57. The van der Waals surface area contributed by atoms with E-state index in [4.69, 9.17) is 0 Å². The van der Waals surface area contributed by atoms with Gasteiger partial charge in [0.1, 0.15) is 0 Å². The lowest BCUT2D eigenvalue weighted by molar-refractivity contribution is 0.0623. The molecule has 0 aromatic heterocycles. The normalized spacial score (nSPS) is 45.6. The molecule has 82 valence electrons. The Kier molecular flexibility index (Phi) is 3.13. The van der Waals surface area contributed by atoms with Gasteiger partial charge in [-0.15, -0.1) is 0 Å². The molecule has 2 rings (SSSR count). The average Bonchev–Trinajstić information content (AvgIpc) is 2.51. The number of hydrogen-bond acceptors (Lipinski definition) is 2. The van der Waals surface area contributed by atoms with Crippen molar-refractivity contribution in [3.8, 4) is 0 Å². The van der Waals surface area contributed by atoms with E-state index in [9.17, 15) is 0 Å². The van der Waals surface area contributed by atoms with E-state index >= 15 is 0 Å². The maximum Gasteiger partial charge on any atom is 0.0241 e. The molecule has 0 amide bonds. The van der Waals surface area contributed by atoms with Crippen LogP contribution < -0.4 is 5.32 Å². The van der Waals surface area contributed by atoms with E-state index in [1.54, 1.807) is 0 Å². The van der Waals surface area contributed by atoms with Crippen LogP contribution in [0.4, 0.5) is 0 Å². The summed E-state index contributed by atoms with van der Waals surface area (Å²) in [6.07, 6.45) is 5.56. The summed E-state index contributed by atoms with van der Waals surface area (Å²) in [5.41, 5.74) is 0. The summed E-state index contributed by atoms with van der Waals surface area (Å²) in [7, 11) is 0. The van der Waals surface area contributed by atoms with Crippen molar-refractivity contribution in [1.82, 2.24) is 10.2 Å². The molecule has 0 radical (unpaired) electrons. The predicted octanol–water partition coefficient (Wildman–Crippen LogP) is 2.00. The van der Waals surface area contributed by atoms with Gasteiger partial charge in [0.2, 0.25) is 0 Å². The highest BCUT2D eigenvalue weighted by Gasteiger charge is 2.34. The fraction of sp³-hybridized carbons (Fsp3) is 1.00. The van der Waals surface area contributed by atoms with Crippen LogP contribution in [0.3, 0.4) is 0 Å². The minimum absolute atomic E-state index is 0.723. The summed E-state index contributed by atoms with van der Waals surface area (Å²) in [6, 6.07) is 3.13. The van der Waals surface area contributed by atoms with Crippen molar-refractivity contribution in [2.75, 3.05) is 6.54 Å². The smallest absolute Gasteiger partial charge is 0.0241 e. The second kappa shape index (κ2) is 4.19. The predicted molar refractivity (Wildman–Crippen MR) is 60.5 cm³/mol. The van der Waals surface area contributed by atoms with Gasteiger partial charge in [0.15, 0.2) is 0 Å². The number of rotatable bonds is 1. The topological polar surface area (TPSA) is 15.3 Å². The van der Waals surface area contributed by atoms with Crippen molar-refractivity contribution < 1.29 is 0 Å². The molecular weight excluding hydrogens is 172 g/mol. The summed E-state index contributed by atoms with van der Waals surface area (Å²) >= 11 is 0. The first-order chi connectivity index (χ1) is 6.68. The van der Waals surface area contributed by atoms with Crippen LogP contribution in [0.2, 0.25) is 0 Å². The monoisotopic (exact) mass is 196 g/mol. The van der Waals surface area contributed by atoms with Gasteiger partial charge < -0.3 is 5.32 Å². The Labute approximate surface area is 88.1 Å². The van der Waals surface area contributed by atoms with Crippen molar-refractivity contribution in [3.05, 3.63) is 0 Å². The van der Waals surface area contributed by atoms with Crippen LogP contribution in [-0.2, 0) is 0 Å². The molecule has 2 heterocycles. The van der Waals surface area contributed by atoms with Crippen LogP contribution in [-0.4, -0.2) is 35.6 Å². The van der Waals surface area contributed by atoms with Gasteiger partial charge >= 0.3 is 0 Å². The Balaban J connectivity index is 1.99. The van der Waals surface area contributed by atoms with Crippen LogP contribution in [0.1, 0.15) is 46.5 Å². The van der Waals surface area contributed by atoms with E-state index in [2.05, 4.69) is 31.0 Å². The Morgan fingerprint density at radius 2 is 1.71 bits per heavy atom. The quantitative estimate of drug-likeness (QED) is 0.690. The average molecular weight is 196 g/mol. The molecule has 2 saturated heterocycles. The van der Waals surface area contributed by atoms with E-state index in [-0.39, 0.29) is 0 Å². The van der Waals surface area contributed by atoms with Crippen LogP contribution in [0.25, 0.3) is 0 Å². The Morgan fingerprint density at radius 1 is 1.07 bits per heavy atom. The van der Waals surface area contributed by atoms with Gasteiger partial charge in [-0.1, -0.05) is 6.42 Å². The Bertz CT molecular complexity index is 183. The fourth-order valence-electron chi connectivity index (χ4n) is 3.30. The van der Waals surface area contributed by atoms with Crippen LogP contribution in [0, 0.1) is 0 Å².